The largest absolute Gasteiger partial charge is 0.390 e. The zero-order valence-electron chi connectivity index (χ0n) is 19.6. The van der Waals surface area contributed by atoms with Gasteiger partial charge in [-0.05, 0) is 28.5 Å². The van der Waals surface area contributed by atoms with Crippen molar-refractivity contribution < 1.29 is 9.63 Å². The molecule has 3 aliphatic rings. The van der Waals surface area contributed by atoms with Crippen LogP contribution >= 0.6 is 0 Å². The lowest BCUT2D eigenvalue weighted by Crippen LogP contribution is -2.51. The SMILES string of the molecule is CC(=O)N1CC2C(=NOC2CN2CCN(Cc3ccc4ccccc4c3)CC2)c2ccccc21. The van der Waals surface area contributed by atoms with Gasteiger partial charge < -0.3 is 9.74 Å². The molecular weight excluding hydrogens is 424 g/mol. The van der Waals surface area contributed by atoms with E-state index in [2.05, 4.69) is 57.4 Å². The molecule has 0 aromatic heterocycles. The van der Waals surface area contributed by atoms with Gasteiger partial charge in [-0.2, -0.15) is 0 Å². The van der Waals surface area contributed by atoms with E-state index in [0.717, 1.165) is 56.2 Å². The first-order valence-electron chi connectivity index (χ1n) is 12.2. The number of benzene rings is 3. The second-order valence-electron chi connectivity index (χ2n) is 9.63. The van der Waals surface area contributed by atoms with Gasteiger partial charge in [-0.1, -0.05) is 59.8 Å². The molecule has 0 bridgehead atoms. The molecule has 0 spiro atoms. The van der Waals surface area contributed by atoms with E-state index in [1.807, 2.05) is 29.2 Å². The van der Waals surface area contributed by atoms with Gasteiger partial charge in [-0.15, -0.1) is 0 Å². The van der Waals surface area contributed by atoms with Crippen LogP contribution in [-0.4, -0.2) is 66.8 Å². The first kappa shape index (κ1) is 21.3. The highest BCUT2D eigenvalue weighted by Crippen LogP contribution is 2.36. The summed E-state index contributed by atoms with van der Waals surface area (Å²) in [6.07, 6.45) is -0.0164. The third-order valence-electron chi connectivity index (χ3n) is 7.44. The van der Waals surface area contributed by atoms with Crippen LogP contribution in [0.5, 0.6) is 0 Å². The van der Waals surface area contributed by atoms with Crippen LogP contribution in [-0.2, 0) is 16.2 Å². The summed E-state index contributed by atoms with van der Waals surface area (Å²) in [6.45, 7) is 8.22. The van der Waals surface area contributed by atoms with Crippen molar-refractivity contribution in [2.45, 2.75) is 19.6 Å². The van der Waals surface area contributed by atoms with Crippen molar-refractivity contribution in [3.05, 3.63) is 77.9 Å². The van der Waals surface area contributed by atoms with E-state index >= 15 is 0 Å². The average molecular weight is 455 g/mol. The third-order valence-corrected chi connectivity index (χ3v) is 7.44. The Bertz CT molecular complexity index is 1250. The maximum Gasteiger partial charge on any atom is 0.223 e. The summed E-state index contributed by atoms with van der Waals surface area (Å²) in [5.74, 6) is 0.189. The highest BCUT2D eigenvalue weighted by molar-refractivity contribution is 6.12. The standard InChI is InChI=1S/C28H30N4O2/c1-20(33)32-18-25-27(34-29-28(25)24-8-4-5-9-26(24)32)19-31-14-12-30(13-15-31)17-21-10-11-22-6-2-3-7-23(22)16-21/h2-11,16,25,27H,12-15,17-19H2,1H3. The monoisotopic (exact) mass is 454 g/mol. The molecule has 34 heavy (non-hydrogen) atoms. The molecule has 1 fully saturated rings. The van der Waals surface area contributed by atoms with Gasteiger partial charge >= 0.3 is 0 Å². The van der Waals surface area contributed by atoms with Gasteiger partial charge in [0.2, 0.25) is 5.91 Å². The molecule has 6 rings (SSSR count). The van der Waals surface area contributed by atoms with Gasteiger partial charge in [0.05, 0.1) is 17.3 Å². The Hall–Kier alpha value is -3.22. The average Bonchev–Trinajstić information content (AvgIpc) is 3.27. The van der Waals surface area contributed by atoms with Crippen LogP contribution in [0.1, 0.15) is 18.1 Å². The van der Waals surface area contributed by atoms with Crippen molar-refractivity contribution in [3.8, 4) is 0 Å². The molecule has 6 heteroatoms. The lowest BCUT2D eigenvalue weighted by Gasteiger charge is -2.38. The number of hydrogen-bond donors (Lipinski definition) is 0. The normalized spacial score (nSPS) is 22.7. The molecule has 3 aliphatic heterocycles. The van der Waals surface area contributed by atoms with Crippen molar-refractivity contribution >= 4 is 28.1 Å². The molecule has 0 radical (unpaired) electrons. The zero-order valence-corrected chi connectivity index (χ0v) is 19.6. The Kier molecular flexibility index (Phi) is 5.55. The van der Waals surface area contributed by atoms with Crippen LogP contribution in [0.4, 0.5) is 5.69 Å². The number of carbonyl (C=O) groups excluding carboxylic acids is 1. The van der Waals surface area contributed by atoms with Crippen LogP contribution in [0.2, 0.25) is 0 Å². The van der Waals surface area contributed by atoms with Crippen LogP contribution < -0.4 is 4.90 Å². The number of rotatable bonds is 4. The summed E-state index contributed by atoms with van der Waals surface area (Å²) >= 11 is 0. The molecule has 0 aliphatic carbocycles. The molecule has 0 N–H and O–H groups in total. The molecule has 6 nitrogen and oxygen atoms in total. The van der Waals surface area contributed by atoms with Gasteiger partial charge in [0, 0.05) is 58.3 Å². The molecular formula is C28H30N4O2. The molecule has 0 saturated carbocycles. The number of para-hydroxylation sites is 1. The maximum absolute atomic E-state index is 12.3. The first-order chi connectivity index (χ1) is 16.7. The van der Waals surface area contributed by atoms with Crippen molar-refractivity contribution in [2.75, 3.05) is 44.2 Å². The molecule has 2 atom stereocenters. The van der Waals surface area contributed by atoms with Gasteiger partial charge in [0.1, 0.15) is 6.10 Å². The van der Waals surface area contributed by atoms with Crippen LogP contribution in [0, 0.1) is 5.92 Å². The third kappa shape index (κ3) is 3.97. The van der Waals surface area contributed by atoms with E-state index in [1.165, 1.54) is 16.3 Å². The lowest BCUT2D eigenvalue weighted by atomic mass is 9.86. The van der Waals surface area contributed by atoms with E-state index in [-0.39, 0.29) is 17.9 Å². The van der Waals surface area contributed by atoms with Gasteiger partial charge in [0.25, 0.3) is 0 Å². The number of oxime groups is 1. The predicted octanol–water partition coefficient (Wildman–Crippen LogP) is 3.74. The first-order valence-corrected chi connectivity index (χ1v) is 12.2. The Morgan fingerprint density at radius 2 is 1.68 bits per heavy atom. The van der Waals surface area contributed by atoms with E-state index in [1.54, 1.807) is 6.92 Å². The Labute approximate surface area is 200 Å². The topological polar surface area (TPSA) is 48.4 Å². The predicted molar refractivity (Wildman–Crippen MR) is 135 cm³/mol. The smallest absolute Gasteiger partial charge is 0.223 e. The van der Waals surface area contributed by atoms with Gasteiger partial charge in [0.15, 0.2) is 0 Å². The summed E-state index contributed by atoms with van der Waals surface area (Å²) in [5, 5.41) is 7.08. The van der Waals surface area contributed by atoms with E-state index < -0.39 is 0 Å². The van der Waals surface area contributed by atoms with E-state index in [0.29, 0.717) is 6.54 Å². The second-order valence-corrected chi connectivity index (χ2v) is 9.63. The molecule has 3 aromatic carbocycles. The van der Waals surface area contributed by atoms with Crippen LogP contribution in [0.15, 0.2) is 71.9 Å². The zero-order chi connectivity index (χ0) is 23.1. The number of anilines is 1. The minimum atomic E-state index is -0.0164. The minimum absolute atomic E-state index is 0.0164. The van der Waals surface area contributed by atoms with E-state index in [9.17, 15) is 4.79 Å². The lowest BCUT2D eigenvalue weighted by molar-refractivity contribution is -0.116. The number of fused-ring (bicyclic) bond motifs is 4. The number of piperazine rings is 1. The summed E-state index contributed by atoms with van der Waals surface area (Å²) in [6, 6.07) is 23.4. The number of carbonyl (C=O) groups is 1. The Morgan fingerprint density at radius 1 is 0.941 bits per heavy atom. The van der Waals surface area contributed by atoms with Crippen LogP contribution in [0.25, 0.3) is 10.8 Å². The van der Waals surface area contributed by atoms with Crippen molar-refractivity contribution in [2.24, 2.45) is 11.1 Å². The van der Waals surface area contributed by atoms with Gasteiger partial charge in [-0.3, -0.25) is 14.6 Å². The summed E-state index contributed by atoms with van der Waals surface area (Å²) in [5.41, 5.74) is 4.33. The molecule has 1 amide bonds. The summed E-state index contributed by atoms with van der Waals surface area (Å²) in [7, 11) is 0. The Balaban J connectivity index is 1.07. The highest BCUT2D eigenvalue weighted by Gasteiger charge is 2.42. The van der Waals surface area contributed by atoms with Crippen molar-refractivity contribution in [3.63, 3.8) is 0 Å². The summed E-state index contributed by atoms with van der Waals surface area (Å²) < 4.78 is 0. The fourth-order valence-corrected chi connectivity index (χ4v) is 5.55. The number of nitrogens with zero attached hydrogens (tertiary/aromatic N) is 4. The highest BCUT2D eigenvalue weighted by atomic mass is 16.6. The van der Waals surface area contributed by atoms with E-state index in [4.69, 9.17) is 4.84 Å². The maximum atomic E-state index is 12.3. The Morgan fingerprint density at radius 3 is 2.50 bits per heavy atom. The summed E-state index contributed by atoms with van der Waals surface area (Å²) in [4.78, 5) is 25.2. The molecule has 2 unspecified atom stereocenters. The van der Waals surface area contributed by atoms with Gasteiger partial charge in [-0.25, -0.2) is 0 Å². The molecule has 3 heterocycles. The van der Waals surface area contributed by atoms with Crippen molar-refractivity contribution in [1.82, 2.24) is 9.80 Å². The second kappa shape index (κ2) is 8.85. The number of hydrogen-bond acceptors (Lipinski definition) is 5. The number of amides is 1. The fraction of sp³-hybridized carbons (Fsp3) is 0.357. The quantitative estimate of drug-likeness (QED) is 0.603. The molecule has 1 saturated heterocycles. The van der Waals surface area contributed by atoms with Crippen LogP contribution in [0.3, 0.4) is 0 Å². The molecule has 3 aromatic rings. The molecule has 174 valence electrons. The fourth-order valence-electron chi connectivity index (χ4n) is 5.55. The minimum Gasteiger partial charge on any atom is -0.390 e. The van der Waals surface area contributed by atoms with Crippen molar-refractivity contribution in [1.29, 1.82) is 0 Å².